The molecule has 0 aromatic rings. The number of carbonyl (C=O) groups is 2. The summed E-state index contributed by atoms with van der Waals surface area (Å²) in [5.74, 6) is -0.564. The first-order valence-corrected chi connectivity index (χ1v) is 35.7. The van der Waals surface area contributed by atoms with Crippen LogP contribution in [0, 0.1) is 0 Å². The van der Waals surface area contributed by atoms with Crippen LogP contribution in [0.15, 0.2) is 48.6 Å². The summed E-state index contributed by atoms with van der Waals surface area (Å²) in [6.07, 6.45) is 94.5. The fourth-order valence-corrected chi connectivity index (χ4v) is 11.1. The standard InChI is InChI=1S/C74H138O5/c1-3-5-7-9-11-13-15-17-19-21-23-25-27-29-31-33-35-36-37-38-39-41-43-45-47-49-51-53-55-57-59-61-63-65-67-69-74(77)79-72(70-75)71-78-73(76)68-66-64-62-60-58-56-54-52-50-48-46-44-42-40-34-32-30-28-26-24-22-20-18-16-14-12-10-8-6-4-2/h5,7,11,13,17,19,23,25,72,75H,3-4,6,8-10,12,14-16,18,20-22,24,26-71H2,1-2H3/b7-5-,13-11-,19-17-,25-23-. The number of hydrogen-bond acceptors (Lipinski definition) is 5. The lowest BCUT2D eigenvalue weighted by Gasteiger charge is -2.15. The van der Waals surface area contributed by atoms with Crippen molar-refractivity contribution >= 4 is 11.9 Å². The summed E-state index contributed by atoms with van der Waals surface area (Å²) in [7, 11) is 0. The number of allylic oxidation sites excluding steroid dienone is 8. The van der Waals surface area contributed by atoms with Gasteiger partial charge in [-0.25, -0.2) is 0 Å². The Morgan fingerprint density at radius 1 is 0.304 bits per heavy atom. The van der Waals surface area contributed by atoms with Crippen LogP contribution in [0.1, 0.15) is 393 Å². The van der Waals surface area contributed by atoms with E-state index in [-0.39, 0.29) is 25.2 Å². The number of carbonyl (C=O) groups excluding carboxylic acids is 2. The maximum Gasteiger partial charge on any atom is 0.306 e. The number of esters is 2. The number of aliphatic hydroxyl groups is 1. The van der Waals surface area contributed by atoms with Gasteiger partial charge < -0.3 is 14.6 Å². The van der Waals surface area contributed by atoms with E-state index < -0.39 is 6.10 Å². The van der Waals surface area contributed by atoms with Gasteiger partial charge in [-0.05, 0) is 51.4 Å². The zero-order chi connectivity index (χ0) is 56.9. The van der Waals surface area contributed by atoms with E-state index in [2.05, 4.69) is 62.5 Å². The van der Waals surface area contributed by atoms with Gasteiger partial charge in [0.1, 0.15) is 6.61 Å². The summed E-state index contributed by atoms with van der Waals surface area (Å²) in [4.78, 5) is 24.7. The van der Waals surface area contributed by atoms with Gasteiger partial charge in [-0.2, -0.15) is 0 Å². The number of aliphatic hydroxyl groups excluding tert-OH is 1. The molecule has 0 aliphatic heterocycles. The number of unbranched alkanes of at least 4 members (excludes halogenated alkanes) is 51. The van der Waals surface area contributed by atoms with E-state index in [0.717, 1.165) is 57.8 Å². The van der Waals surface area contributed by atoms with Gasteiger partial charge in [-0.3, -0.25) is 9.59 Å². The molecule has 79 heavy (non-hydrogen) atoms. The van der Waals surface area contributed by atoms with Crippen LogP contribution in [-0.2, 0) is 19.1 Å². The fraction of sp³-hybridized carbons (Fsp3) is 0.865. The summed E-state index contributed by atoms with van der Waals surface area (Å²) in [6.45, 7) is 4.09. The summed E-state index contributed by atoms with van der Waals surface area (Å²) in [5.41, 5.74) is 0. The molecule has 464 valence electrons. The van der Waals surface area contributed by atoms with Crippen LogP contribution < -0.4 is 0 Å². The van der Waals surface area contributed by atoms with Crippen LogP contribution in [-0.4, -0.2) is 36.4 Å². The summed E-state index contributed by atoms with van der Waals surface area (Å²) < 4.78 is 10.8. The maximum atomic E-state index is 12.4. The van der Waals surface area contributed by atoms with E-state index in [1.807, 2.05) is 0 Å². The molecule has 0 spiro atoms. The second-order valence-electron chi connectivity index (χ2n) is 24.3. The number of ether oxygens (including phenoxy) is 2. The Morgan fingerprint density at radius 2 is 0.544 bits per heavy atom. The first-order valence-electron chi connectivity index (χ1n) is 35.7. The molecule has 0 bridgehead atoms. The average Bonchev–Trinajstić information content (AvgIpc) is 3.45. The molecular weight excluding hydrogens is 969 g/mol. The molecule has 0 aliphatic rings. The van der Waals surface area contributed by atoms with E-state index in [1.165, 1.54) is 308 Å². The molecule has 0 aromatic carbocycles. The van der Waals surface area contributed by atoms with Crippen LogP contribution in [0.4, 0.5) is 0 Å². The molecule has 1 N–H and O–H groups in total. The minimum Gasteiger partial charge on any atom is -0.462 e. The lowest BCUT2D eigenvalue weighted by atomic mass is 10.0. The fourth-order valence-electron chi connectivity index (χ4n) is 11.1. The van der Waals surface area contributed by atoms with Gasteiger partial charge in [0.15, 0.2) is 6.10 Å². The van der Waals surface area contributed by atoms with Crippen LogP contribution in [0.25, 0.3) is 0 Å². The highest BCUT2D eigenvalue weighted by Crippen LogP contribution is 2.19. The Bertz CT molecular complexity index is 1300. The Hall–Kier alpha value is -2.14. The van der Waals surface area contributed by atoms with Crippen molar-refractivity contribution in [2.45, 2.75) is 399 Å². The minimum absolute atomic E-state index is 0.0588. The zero-order valence-electron chi connectivity index (χ0n) is 53.4. The van der Waals surface area contributed by atoms with Gasteiger partial charge in [0.05, 0.1) is 6.61 Å². The van der Waals surface area contributed by atoms with Crippen molar-refractivity contribution in [2.75, 3.05) is 13.2 Å². The number of hydrogen-bond donors (Lipinski definition) is 1. The SMILES string of the molecule is CC/C=C\C/C=C\C/C=C\C/C=C\CCCCCCCCCCCCCCCCCCCCCCCCC(=O)OC(CO)COC(=O)CCCCCCCCCCCCCCCCCCCCCCCCCCCCCCCC. The van der Waals surface area contributed by atoms with Crippen LogP contribution in [0.3, 0.4) is 0 Å². The average molecular weight is 1110 g/mol. The first kappa shape index (κ1) is 76.9. The molecule has 0 aromatic heterocycles. The lowest BCUT2D eigenvalue weighted by Crippen LogP contribution is -2.28. The van der Waals surface area contributed by atoms with Crippen molar-refractivity contribution in [3.63, 3.8) is 0 Å². The van der Waals surface area contributed by atoms with Crippen molar-refractivity contribution < 1.29 is 24.2 Å². The monoisotopic (exact) mass is 1110 g/mol. The maximum absolute atomic E-state index is 12.4. The lowest BCUT2D eigenvalue weighted by molar-refractivity contribution is -0.161. The van der Waals surface area contributed by atoms with E-state index in [1.54, 1.807) is 0 Å². The van der Waals surface area contributed by atoms with E-state index in [4.69, 9.17) is 9.47 Å². The predicted molar refractivity (Wildman–Crippen MR) is 348 cm³/mol. The summed E-state index contributed by atoms with van der Waals surface area (Å²) in [6, 6.07) is 0. The summed E-state index contributed by atoms with van der Waals surface area (Å²) in [5, 5.41) is 9.71. The van der Waals surface area contributed by atoms with E-state index >= 15 is 0 Å². The van der Waals surface area contributed by atoms with Crippen molar-refractivity contribution in [1.82, 2.24) is 0 Å². The normalized spacial score (nSPS) is 12.4. The van der Waals surface area contributed by atoms with Crippen molar-refractivity contribution in [2.24, 2.45) is 0 Å². The smallest absolute Gasteiger partial charge is 0.306 e. The van der Waals surface area contributed by atoms with Crippen LogP contribution in [0.2, 0.25) is 0 Å². The van der Waals surface area contributed by atoms with Gasteiger partial charge in [0.2, 0.25) is 0 Å². The molecular formula is C74H138O5. The molecule has 0 saturated carbocycles. The topological polar surface area (TPSA) is 72.8 Å². The van der Waals surface area contributed by atoms with Gasteiger partial charge in [-0.1, -0.05) is 377 Å². The Kier molecular flexibility index (Phi) is 68.2. The summed E-state index contributed by atoms with van der Waals surface area (Å²) >= 11 is 0. The molecule has 0 amide bonds. The Morgan fingerprint density at radius 3 is 0.823 bits per heavy atom. The molecule has 5 heteroatoms. The van der Waals surface area contributed by atoms with Gasteiger partial charge in [-0.15, -0.1) is 0 Å². The minimum atomic E-state index is -0.770. The molecule has 0 fully saturated rings. The molecule has 0 heterocycles. The zero-order valence-corrected chi connectivity index (χ0v) is 53.4. The quantitative estimate of drug-likeness (QED) is 0.0373. The van der Waals surface area contributed by atoms with Crippen molar-refractivity contribution in [1.29, 1.82) is 0 Å². The molecule has 1 atom stereocenters. The largest absolute Gasteiger partial charge is 0.462 e. The third-order valence-electron chi connectivity index (χ3n) is 16.4. The highest BCUT2D eigenvalue weighted by atomic mass is 16.6. The first-order chi connectivity index (χ1) is 39.1. The van der Waals surface area contributed by atoms with Crippen molar-refractivity contribution in [3.05, 3.63) is 48.6 Å². The third kappa shape index (κ3) is 68.3. The van der Waals surface area contributed by atoms with Gasteiger partial charge in [0, 0.05) is 12.8 Å². The second-order valence-corrected chi connectivity index (χ2v) is 24.3. The molecule has 5 nitrogen and oxygen atoms in total. The van der Waals surface area contributed by atoms with Gasteiger partial charge >= 0.3 is 11.9 Å². The predicted octanol–water partition coefficient (Wildman–Crippen LogP) is 24.7. The molecule has 0 radical (unpaired) electrons. The highest BCUT2D eigenvalue weighted by molar-refractivity contribution is 5.70. The Balaban J connectivity index is 3.38. The van der Waals surface area contributed by atoms with Crippen molar-refractivity contribution in [3.8, 4) is 0 Å². The van der Waals surface area contributed by atoms with Crippen LogP contribution in [0.5, 0.6) is 0 Å². The Labute approximate surface area is 494 Å². The van der Waals surface area contributed by atoms with Crippen LogP contribution >= 0.6 is 0 Å². The van der Waals surface area contributed by atoms with E-state index in [0.29, 0.717) is 12.8 Å². The third-order valence-corrected chi connectivity index (χ3v) is 16.4. The second kappa shape index (κ2) is 70.1. The molecule has 0 aliphatic carbocycles. The van der Waals surface area contributed by atoms with Gasteiger partial charge in [0.25, 0.3) is 0 Å². The number of rotatable bonds is 67. The molecule has 0 rings (SSSR count). The van der Waals surface area contributed by atoms with E-state index in [9.17, 15) is 14.7 Å². The molecule has 0 saturated heterocycles. The highest BCUT2D eigenvalue weighted by Gasteiger charge is 2.16. The molecule has 1 unspecified atom stereocenters.